The van der Waals surface area contributed by atoms with Crippen LogP contribution in [0.5, 0.6) is 11.5 Å². The van der Waals surface area contributed by atoms with E-state index in [4.69, 9.17) is 18.9 Å². The van der Waals surface area contributed by atoms with Gasteiger partial charge in [0.25, 0.3) is 0 Å². The molecule has 0 aliphatic rings. The Kier molecular flexibility index (Phi) is 13.4. The number of halogens is 4. The maximum absolute atomic E-state index is 11.5. The third-order valence-electron chi connectivity index (χ3n) is 5.62. The zero-order chi connectivity index (χ0) is 30.2. The van der Waals surface area contributed by atoms with Gasteiger partial charge in [0, 0.05) is 17.1 Å². The third-order valence-corrected chi connectivity index (χ3v) is 7.98. The van der Waals surface area contributed by atoms with Crippen LogP contribution < -0.4 is 9.47 Å². The van der Waals surface area contributed by atoms with E-state index in [0.29, 0.717) is 29.4 Å². The predicted octanol–water partition coefficient (Wildman–Crippen LogP) is 6.39. The zero-order valence-corrected chi connectivity index (χ0v) is 28.5. The number of hydrogen-bond donors (Lipinski definition) is 2. The van der Waals surface area contributed by atoms with E-state index in [1.54, 1.807) is 0 Å². The molecule has 8 nitrogen and oxygen atoms in total. The summed E-state index contributed by atoms with van der Waals surface area (Å²) in [5.41, 5.74) is 1.70. The number of aliphatic hydroxyl groups is 2. The molecule has 2 N–H and O–H groups in total. The van der Waals surface area contributed by atoms with E-state index in [1.165, 1.54) is 6.92 Å². The van der Waals surface area contributed by atoms with Crippen LogP contribution in [0.2, 0.25) is 0 Å². The van der Waals surface area contributed by atoms with Gasteiger partial charge in [-0.05, 0) is 106 Å². The van der Waals surface area contributed by atoms with Crippen molar-refractivity contribution in [3.05, 3.63) is 78.1 Å². The summed E-state index contributed by atoms with van der Waals surface area (Å²) in [6.07, 6.45) is -1.00. The maximum atomic E-state index is 11.5. The van der Waals surface area contributed by atoms with Gasteiger partial charge in [0.2, 0.25) is 0 Å². The summed E-state index contributed by atoms with van der Waals surface area (Å²) in [7, 11) is 0. The van der Waals surface area contributed by atoms with Crippen LogP contribution >= 0.6 is 63.7 Å². The summed E-state index contributed by atoms with van der Waals surface area (Å²) >= 11 is 14.2. The summed E-state index contributed by atoms with van der Waals surface area (Å²) in [6, 6.07) is 7.72. The molecule has 2 aromatic rings. The summed E-state index contributed by atoms with van der Waals surface area (Å²) in [5.74, 6) is -0.208. The molecule has 0 aliphatic carbocycles. The van der Waals surface area contributed by atoms with Crippen molar-refractivity contribution in [1.82, 2.24) is 0 Å². The van der Waals surface area contributed by atoms with Crippen molar-refractivity contribution in [2.45, 2.75) is 38.4 Å². The first-order valence-corrected chi connectivity index (χ1v) is 15.1. The second-order valence-corrected chi connectivity index (χ2v) is 12.7. The van der Waals surface area contributed by atoms with Crippen molar-refractivity contribution in [2.24, 2.45) is 0 Å². The topological polar surface area (TPSA) is 112 Å². The molecule has 0 radical (unpaired) electrons. The molecule has 0 aromatic heterocycles. The van der Waals surface area contributed by atoms with Crippen LogP contribution in [-0.2, 0) is 24.5 Å². The fourth-order valence-corrected chi connectivity index (χ4v) is 6.10. The second kappa shape index (κ2) is 15.5. The summed E-state index contributed by atoms with van der Waals surface area (Å²) in [4.78, 5) is 22.7. The molecular formula is C28H30Br4O8. The molecule has 2 rings (SSSR count). The Bertz CT molecular complexity index is 1210. The van der Waals surface area contributed by atoms with Crippen LogP contribution in [0.15, 0.2) is 67.0 Å². The molecule has 0 spiro atoms. The first-order valence-electron chi connectivity index (χ1n) is 11.9. The van der Waals surface area contributed by atoms with E-state index in [2.05, 4.69) is 90.7 Å². The van der Waals surface area contributed by atoms with Crippen LogP contribution in [0.25, 0.3) is 0 Å². The molecule has 0 fully saturated rings. The lowest BCUT2D eigenvalue weighted by Crippen LogP contribution is -2.25. The molecule has 0 heterocycles. The van der Waals surface area contributed by atoms with Crippen LogP contribution in [0.1, 0.15) is 31.9 Å². The van der Waals surface area contributed by atoms with Crippen molar-refractivity contribution in [3.63, 3.8) is 0 Å². The smallest absolute Gasteiger partial charge is 0.333 e. The highest BCUT2D eigenvalue weighted by Crippen LogP contribution is 2.44. The van der Waals surface area contributed by atoms with Crippen LogP contribution in [0.3, 0.4) is 0 Å². The van der Waals surface area contributed by atoms with Crippen LogP contribution in [-0.4, -0.2) is 60.8 Å². The Labute approximate surface area is 267 Å². The molecule has 12 heteroatoms. The minimum absolute atomic E-state index is 0.0866. The SMILES string of the molecule is C=CC(=O)OCC(O)COc1c(Br)cc(C(C)(C)c2cc(Br)c(OCC(O)COC(=O)C(=C)C)c(Br)c2)cc1Br. The lowest BCUT2D eigenvalue weighted by molar-refractivity contribution is -0.142. The van der Waals surface area contributed by atoms with Crippen molar-refractivity contribution in [3.8, 4) is 11.5 Å². The van der Waals surface area contributed by atoms with Crippen LogP contribution in [0, 0.1) is 0 Å². The number of carbonyl (C=O) groups excluding carboxylic acids is 2. The molecule has 0 amide bonds. The van der Waals surface area contributed by atoms with Gasteiger partial charge in [-0.15, -0.1) is 0 Å². The van der Waals surface area contributed by atoms with E-state index < -0.39 is 29.6 Å². The Morgan fingerprint density at radius 3 is 1.55 bits per heavy atom. The second-order valence-electron chi connectivity index (χ2n) is 9.31. The quantitative estimate of drug-likeness (QED) is 0.167. The number of ether oxygens (including phenoxy) is 4. The Balaban J connectivity index is 2.15. The van der Waals surface area contributed by atoms with Gasteiger partial charge < -0.3 is 29.2 Å². The van der Waals surface area contributed by atoms with Gasteiger partial charge in [0.15, 0.2) is 0 Å². The van der Waals surface area contributed by atoms with Gasteiger partial charge in [-0.2, -0.15) is 0 Å². The average molecular weight is 814 g/mol. The van der Waals surface area contributed by atoms with Gasteiger partial charge >= 0.3 is 11.9 Å². The lowest BCUT2D eigenvalue weighted by atomic mass is 9.78. The Morgan fingerprint density at radius 2 is 1.20 bits per heavy atom. The number of rotatable bonds is 14. The first-order chi connectivity index (χ1) is 18.7. The van der Waals surface area contributed by atoms with E-state index in [0.717, 1.165) is 17.2 Å². The van der Waals surface area contributed by atoms with Gasteiger partial charge in [-0.3, -0.25) is 0 Å². The summed E-state index contributed by atoms with van der Waals surface area (Å²) in [6.45, 7) is 11.9. The highest BCUT2D eigenvalue weighted by molar-refractivity contribution is 9.11. The molecule has 0 aliphatic heterocycles. The molecule has 218 valence electrons. The maximum Gasteiger partial charge on any atom is 0.333 e. The third kappa shape index (κ3) is 9.70. The van der Waals surface area contributed by atoms with Crippen molar-refractivity contribution in [1.29, 1.82) is 0 Å². The van der Waals surface area contributed by atoms with E-state index >= 15 is 0 Å². The van der Waals surface area contributed by atoms with Crippen molar-refractivity contribution < 1.29 is 38.7 Å². The molecule has 0 saturated carbocycles. The van der Waals surface area contributed by atoms with Gasteiger partial charge in [0.05, 0.1) is 17.9 Å². The average Bonchev–Trinajstić information content (AvgIpc) is 2.88. The minimum Gasteiger partial charge on any atom is -0.488 e. The summed E-state index contributed by atoms with van der Waals surface area (Å²) in [5, 5.41) is 20.2. The van der Waals surface area contributed by atoms with Crippen LogP contribution in [0.4, 0.5) is 0 Å². The molecule has 40 heavy (non-hydrogen) atoms. The largest absolute Gasteiger partial charge is 0.488 e. The van der Waals surface area contributed by atoms with E-state index in [-0.39, 0.29) is 32.0 Å². The molecular weight excluding hydrogens is 784 g/mol. The highest BCUT2D eigenvalue weighted by atomic mass is 79.9. The minimum atomic E-state index is -1.02. The number of esters is 2. The predicted molar refractivity (Wildman–Crippen MR) is 166 cm³/mol. The summed E-state index contributed by atoms with van der Waals surface area (Å²) < 4.78 is 24.0. The number of carbonyl (C=O) groups is 2. The molecule has 2 atom stereocenters. The van der Waals surface area contributed by atoms with Gasteiger partial charge in [-0.25, -0.2) is 9.59 Å². The fourth-order valence-electron chi connectivity index (χ4n) is 3.27. The number of hydrogen-bond acceptors (Lipinski definition) is 8. The van der Waals surface area contributed by atoms with E-state index in [9.17, 15) is 19.8 Å². The molecule has 2 unspecified atom stereocenters. The Morgan fingerprint density at radius 1 is 0.825 bits per heavy atom. The Hall–Kier alpha value is -1.70. The molecule has 0 bridgehead atoms. The van der Waals surface area contributed by atoms with E-state index in [1.807, 2.05) is 24.3 Å². The van der Waals surface area contributed by atoms with Crippen molar-refractivity contribution in [2.75, 3.05) is 26.4 Å². The number of aliphatic hydroxyl groups excluding tert-OH is 2. The molecule has 2 aromatic carbocycles. The fraction of sp³-hybridized carbons (Fsp3) is 0.357. The molecule has 0 saturated heterocycles. The first kappa shape index (κ1) is 34.5. The normalized spacial score (nSPS) is 12.7. The monoisotopic (exact) mass is 810 g/mol. The van der Waals surface area contributed by atoms with Crippen molar-refractivity contribution >= 4 is 75.7 Å². The lowest BCUT2D eigenvalue weighted by Gasteiger charge is -2.28. The van der Waals surface area contributed by atoms with Gasteiger partial charge in [-0.1, -0.05) is 27.0 Å². The van der Waals surface area contributed by atoms with Gasteiger partial charge in [0.1, 0.15) is 50.1 Å². The number of benzene rings is 2. The zero-order valence-electron chi connectivity index (χ0n) is 22.1. The highest BCUT2D eigenvalue weighted by Gasteiger charge is 2.28. The standard InChI is InChI=1S/C28H30Br4O8/c1-6-24(35)37-11-18(33)12-38-25-20(29)7-16(8-21(25)30)28(4,5)17-9-22(31)26(23(32)10-17)39-13-19(34)14-40-27(36)15(2)3/h6-10,18-19,33-34H,1-2,11-14H2,3-5H3.